The van der Waals surface area contributed by atoms with E-state index in [1.807, 2.05) is 83.1 Å². The Morgan fingerprint density at radius 3 is 1.04 bits per heavy atom. The second-order valence-corrected chi connectivity index (χ2v) is 14.5. The van der Waals surface area contributed by atoms with E-state index in [1.54, 1.807) is 20.8 Å². The molecule has 0 spiro atoms. The van der Waals surface area contributed by atoms with Gasteiger partial charge in [0.15, 0.2) is 0 Å². The van der Waals surface area contributed by atoms with Crippen molar-refractivity contribution in [1.29, 1.82) is 0 Å². The van der Waals surface area contributed by atoms with Gasteiger partial charge in [-0.15, -0.1) is 0 Å². The standard InChI is InChI=1S/2C9H12O.C9H12.C6H14O.C6H12O.C6H14.CH4/c2*1-7-3-5-9(6-4-7)8(2)10;1-3-9-6-4-8(2)5-7-9;2*1-5(2)4-6(3)7;1-4-5-6(2)3;/h2*3-6,8,10H,1-2H3;4-7H,3H2,1-2H3;5-7H,4H2,1-3H3;5H,4H2,1-3H3;6H,4-5H2,1-3H3;1H4. The monoisotopic (exact) mass is 697 g/mol. The summed E-state index contributed by atoms with van der Waals surface area (Å²) in [6.45, 7) is 30.4. The number of hydrogen-bond acceptors (Lipinski definition) is 4. The number of hydrogen-bond donors (Lipinski definition) is 3. The van der Waals surface area contributed by atoms with Gasteiger partial charge in [-0.1, -0.05) is 165 Å². The van der Waals surface area contributed by atoms with E-state index in [4.69, 9.17) is 15.3 Å². The average Bonchev–Trinajstić information content (AvgIpc) is 2.98. The minimum absolute atomic E-state index is 0. The van der Waals surface area contributed by atoms with Gasteiger partial charge >= 0.3 is 0 Å². The SMILES string of the molecule is C.CC(=O)CC(C)C.CC(C)CC(C)O.CCCC(C)C.CCc1ccc(C)cc1.Cc1ccc(C(C)O)cc1.Cc1ccc(C(C)O)cc1. The predicted molar refractivity (Wildman–Crippen MR) is 222 cm³/mol. The van der Waals surface area contributed by atoms with E-state index in [0.717, 1.165) is 36.3 Å². The van der Waals surface area contributed by atoms with E-state index < -0.39 is 0 Å². The molecule has 0 fully saturated rings. The Balaban J connectivity index is -0.000000256. The molecule has 0 saturated heterocycles. The first-order chi connectivity index (χ1) is 22.7. The number of Topliss-reactive ketones (excluding diaryl/α,β-unsaturated/α-hetero) is 1. The van der Waals surface area contributed by atoms with E-state index in [-0.39, 0.29) is 31.5 Å². The van der Waals surface area contributed by atoms with Crippen molar-refractivity contribution in [2.75, 3.05) is 0 Å². The Bertz CT molecular complexity index is 1080. The zero-order valence-corrected chi connectivity index (χ0v) is 34.2. The highest BCUT2D eigenvalue weighted by molar-refractivity contribution is 5.75. The van der Waals surface area contributed by atoms with Crippen molar-refractivity contribution in [1.82, 2.24) is 0 Å². The summed E-state index contributed by atoms with van der Waals surface area (Å²) in [6.07, 6.45) is 4.67. The van der Waals surface area contributed by atoms with Gasteiger partial charge in [0.1, 0.15) is 5.78 Å². The van der Waals surface area contributed by atoms with Crippen molar-refractivity contribution in [3.05, 3.63) is 106 Å². The Kier molecular flexibility index (Phi) is 36.0. The van der Waals surface area contributed by atoms with Gasteiger partial charge in [-0.3, -0.25) is 0 Å². The lowest BCUT2D eigenvalue weighted by Gasteiger charge is -2.04. The van der Waals surface area contributed by atoms with Crippen molar-refractivity contribution in [2.24, 2.45) is 17.8 Å². The minimum atomic E-state index is -0.347. The maximum Gasteiger partial charge on any atom is 0.130 e. The molecule has 0 aliphatic rings. The first-order valence-corrected chi connectivity index (χ1v) is 18.5. The summed E-state index contributed by atoms with van der Waals surface area (Å²) >= 11 is 0. The molecule has 0 aliphatic heterocycles. The van der Waals surface area contributed by atoms with Crippen molar-refractivity contribution >= 4 is 5.78 Å². The molecule has 3 atom stereocenters. The lowest BCUT2D eigenvalue weighted by Crippen LogP contribution is -2.03. The number of ketones is 1. The molecular formula is C46H80O4. The second kappa shape index (κ2) is 33.4. The van der Waals surface area contributed by atoms with E-state index >= 15 is 0 Å². The smallest absolute Gasteiger partial charge is 0.130 e. The number of aliphatic hydroxyl groups is 3. The van der Waals surface area contributed by atoms with Crippen molar-refractivity contribution in [3.63, 3.8) is 0 Å². The molecule has 288 valence electrons. The summed E-state index contributed by atoms with van der Waals surface area (Å²) in [6, 6.07) is 24.4. The third-order valence-electron chi connectivity index (χ3n) is 7.02. The molecule has 3 unspecified atom stereocenters. The fraction of sp³-hybridized carbons (Fsp3) is 0.587. The molecular weight excluding hydrogens is 617 g/mol. The van der Waals surface area contributed by atoms with Gasteiger partial charge in [0.05, 0.1) is 18.3 Å². The van der Waals surface area contributed by atoms with Crippen molar-refractivity contribution in [3.8, 4) is 0 Å². The van der Waals surface area contributed by atoms with Crippen LogP contribution in [0.2, 0.25) is 0 Å². The molecule has 0 saturated carbocycles. The first kappa shape index (κ1) is 54.0. The normalized spacial score (nSPS) is 11.6. The van der Waals surface area contributed by atoms with Gasteiger partial charge in [-0.25, -0.2) is 0 Å². The van der Waals surface area contributed by atoms with E-state index in [2.05, 4.69) is 72.7 Å². The van der Waals surface area contributed by atoms with Crippen LogP contribution < -0.4 is 0 Å². The molecule has 3 rings (SSSR count). The number of aliphatic hydroxyl groups excluding tert-OH is 3. The highest BCUT2D eigenvalue weighted by Gasteiger charge is 1.99. The molecule has 0 radical (unpaired) electrons. The third-order valence-corrected chi connectivity index (χ3v) is 7.02. The molecule has 50 heavy (non-hydrogen) atoms. The topological polar surface area (TPSA) is 77.8 Å². The minimum Gasteiger partial charge on any atom is -0.393 e. The molecule has 0 aromatic heterocycles. The van der Waals surface area contributed by atoms with E-state index in [1.165, 1.54) is 35.1 Å². The summed E-state index contributed by atoms with van der Waals surface area (Å²) in [4.78, 5) is 10.3. The van der Waals surface area contributed by atoms with Crippen LogP contribution in [-0.2, 0) is 11.2 Å². The maximum absolute atomic E-state index is 10.3. The van der Waals surface area contributed by atoms with Gasteiger partial charge in [0, 0.05) is 6.42 Å². The molecule has 3 aromatic carbocycles. The lowest BCUT2D eigenvalue weighted by atomic mass is 10.1. The Labute approximate surface area is 310 Å². The predicted octanol–water partition coefficient (Wildman–Crippen LogP) is 12.8. The van der Waals surface area contributed by atoms with Gasteiger partial charge in [-0.05, 0) is 95.8 Å². The van der Waals surface area contributed by atoms with Gasteiger partial charge in [0.2, 0.25) is 0 Å². The lowest BCUT2D eigenvalue weighted by molar-refractivity contribution is -0.117. The largest absolute Gasteiger partial charge is 0.393 e. The summed E-state index contributed by atoms with van der Waals surface area (Å²) in [7, 11) is 0. The molecule has 0 amide bonds. The third kappa shape index (κ3) is 38.0. The highest BCUT2D eigenvalue weighted by Crippen LogP contribution is 2.12. The van der Waals surface area contributed by atoms with Crippen LogP contribution in [-0.4, -0.2) is 27.2 Å². The van der Waals surface area contributed by atoms with Crippen LogP contribution in [0.25, 0.3) is 0 Å². The molecule has 4 heteroatoms. The number of rotatable bonds is 9. The van der Waals surface area contributed by atoms with Crippen molar-refractivity contribution in [2.45, 2.75) is 162 Å². The van der Waals surface area contributed by atoms with E-state index in [0.29, 0.717) is 11.8 Å². The second-order valence-electron chi connectivity index (χ2n) is 14.5. The average molecular weight is 697 g/mol. The van der Waals surface area contributed by atoms with E-state index in [9.17, 15) is 4.79 Å². The summed E-state index contributed by atoms with van der Waals surface area (Å²) in [5, 5.41) is 27.0. The quantitative estimate of drug-likeness (QED) is 0.208. The van der Waals surface area contributed by atoms with Gasteiger partial charge in [0.25, 0.3) is 0 Å². The number of aryl methyl sites for hydroxylation is 4. The highest BCUT2D eigenvalue weighted by atomic mass is 16.3. The van der Waals surface area contributed by atoms with Gasteiger partial charge in [-0.2, -0.15) is 0 Å². The first-order valence-electron chi connectivity index (χ1n) is 18.5. The van der Waals surface area contributed by atoms with Gasteiger partial charge < -0.3 is 20.1 Å². The summed E-state index contributed by atoms with van der Waals surface area (Å²) < 4.78 is 0. The molecule has 0 bridgehead atoms. The number of carbonyl (C=O) groups excluding carboxylic acids is 1. The van der Waals surface area contributed by atoms with Crippen LogP contribution in [0.3, 0.4) is 0 Å². The number of benzene rings is 3. The molecule has 3 aromatic rings. The van der Waals surface area contributed by atoms with Crippen LogP contribution in [0.5, 0.6) is 0 Å². The molecule has 0 heterocycles. The summed E-state index contributed by atoms with van der Waals surface area (Å²) in [5.41, 5.74) is 7.16. The number of carbonyl (C=O) groups is 1. The maximum atomic E-state index is 10.3. The fourth-order valence-corrected chi connectivity index (χ4v) is 4.35. The van der Waals surface area contributed by atoms with Crippen LogP contribution in [0.15, 0.2) is 72.8 Å². The zero-order chi connectivity index (χ0) is 38.5. The molecule has 0 aliphatic carbocycles. The fourth-order valence-electron chi connectivity index (χ4n) is 4.35. The van der Waals surface area contributed by atoms with Crippen LogP contribution >= 0.6 is 0 Å². The van der Waals surface area contributed by atoms with Crippen molar-refractivity contribution < 1.29 is 20.1 Å². The molecule has 4 nitrogen and oxygen atoms in total. The Morgan fingerprint density at radius 1 is 0.560 bits per heavy atom. The molecule has 3 N–H and O–H groups in total. The Hall–Kier alpha value is -2.79. The van der Waals surface area contributed by atoms with Crippen LogP contribution in [0, 0.1) is 38.5 Å². The van der Waals surface area contributed by atoms with Crippen LogP contribution in [0.4, 0.5) is 0 Å². The van der Waals surface area contributed by atoms with Crippen LogP contribution in [0.1, 0.15) is 162 Å². The Morgan fingerprint density at radius 2 is 0.900 bits per heavy atom. The zero-order valence-electron chi connectivity index (χ0n) is 34.2. The summed E-state index contributed by atoms with van der Waals surface area (Å²) in [5.74, 6) is 2.34.